The van der Waals surface area contributed by atoms with Gasteiger partial charge in [-0.3, -0.25) is 4.90 Å². The lowest BCUT2D eigenvalue weighted by atomic mass is 9.92. The molecule has 1 heterocycles. The first kappa shape index (κ1) is 13.5. The molecule has 0 atom stereocenters. The smallest absolute Gasteiger partial charge is 0.156 e. The number of ether oxygens (including phenoxy) is 1. The molecule has 1 saturated heterocycles. The Morgan fingerprint density at radius 1 is 1.44 bits per heavy atom. The Bertz CT molecular complexity index is 447. The van der Waals surface area contributed by atoms with Crippen LogP contribution in [0.3, 0.4) is 0 Å². The van der Waals surface area contributed by atoms with Gasteiger partial charge < -0.3 is 4.74 Å². The molecule has 2 rings (SSSR count). The van der Waals surface area contributed by atoms with Crippen LogP contribution in [0.25, 0.3) is 0 Å². The van der Waals surface area contributed by atoms with Crippen LogP contribution in [0, 0.1) is 11.3 Å². The Balaban J connectivity index is 1.93. The lowest BCUT2D eigenvalue weighted by Gasteiger charge is -2.36. The maximum atomic E-state index is 9.15. The van der Waals surface area contributed by atoms with Crippen LogP contribution in [-0.2, 0) is 11.3 Å². The van der Waals surface area contributed by atoms with E-state index in [1.807, 2.05) is 6.07 Å². The molecule has 1 aromatic rings. The molecule has 0 aliphatic carbocycles. The van der Waals surface area contributed by atoms with E-state index in [-0.39, 0.29) is 0 Å². The molecule has 1 aromatic carbocycles. The molecule has 4 heteroatoms. The normalized spacial score (nSPS) is 19.4. The number of methoxy groups -OCH3 is 1. The highest BCUT2D eigenvalue weighted by molar-refractivity contribution is 9.10. The first-order valence-corrected chi connectivity index (χ1v) is 6.90. The summed E-state index contributed by atoms with van der Waals surface area (Å²) in [4.78, 5) is 2.37. The van der Waals surface area contributed by atoms with Gasteiger partial charge in [0.15, 0.2) is 5.60 Å². The summed E-state index contributed by atoms with van der Waals surface area (Å²) < 4.78 is 6.46. The van der Waals surface area contributed by atoms with Crippen molar-refractivity contribution in [3.05, 3.63) is 34.3 Å². The summed E-state index contributed by atoms with van der Waals surface area (Å²) in [5.41, 5.74) is 0.736. The number of hydrogen-bond acceptors (Lipinski definition) is 3. The van der Waals surface area contributed by atoms with E-state index in [0.717, 1.165) is 36.9 Å². The number of benzene rings is 1. The van der Waals surface area contributed by atoms with E-state index in [1.54, 1.807) is 7.11 Å². The van der Waals surface area contributed by atoms with Crippen molar-refractivity contribution in [2.45, 2.75) is 25.0 Å². The van der Waals surface area contributed by atoms with Crippen molar-refractivity contribution >= 4 is 15.9 Å². The quantitative estimate of drug-likeness (QED) is 0.861. The molecule has 0 saturated carbocycles. The predicted octanol–water partition coefficient (Wildman–Crippen LogP) is 2.95. The van der Waals surface area contributed by atoms with Gasteiger partial charge in [0.1, 0.15) is 0 Å². The summed E-state index contributed by atoms with van der Waals surface area (Å²) in [6, 6.07) is 10.7. The van der Waals surface area contributed by atoms with Crippen molar-refractivity contribution in [1.29, 1.82) is 5.26 Å². The van der Waals surface area contributed by atoms with E-state index < -0.39 is 5.60 Å². The maximum Gasteiger partial charge on any atom is 0.156 e. The zero-order valence-corrected chi connectivity index (χ0v) is 12.1. The summed E-state index contributed by atoms with van der Waals surface area (Å²) >= 11 is 3.49. The highest BCUT2D eigenvalue weighted by Gasteiger charge is 2.34. The molecular formula is C14H17BrN2O. The van der Waals surface area contributed by atoms with Crippen LogP contribution in [-0.4, -0.2) is 30.7 Å². The minimum absolute atomic E-state index is 0.562. The second-order valence-electron chi connectivity index (χ2n) is 4.72. The molecule has 0 aromatic heterocycles. The molecule has 96 valence electrons. The van der Waals surface area contributed by atoms with Crippen molar-refractivity contribution in [2.75, 3.05) is 20.2 Å². The van der Waals surface area contributed by atoms with Gasteiger partial charge in [-0.15, -0.1) is 0 Å². The summed E-state index contributed by atoms with van der Waals surface area (Å²) in [5.74, 6) is 0. The second-order valence-corrected chi connectivity index (χ2v) is 5.63. The summed E-state index contributed by atoms with van der Waals surface area (Å²) in [6.45, 7) is 2.76. The third-order valence-electron chi connectivity index (χ3n) is 3.55. The van der Waals surface area contributed by atoms with Crippen LogP contribution in [0.4, 0.5) is 0 Å². The van der Waals surface area contributed by atoms with Gasteiger partial charge in [0.25, 0.3) is 0 Å². The molecule has 0 amide bonds. The van der Waals surface area contributed by atoms with Gasteiger partial charge in [-0.05, 0) is 17.7 Å². The van der Waals surface area contributed by atoms with E-state index in [2.05, 4.69) is 45.1 Å². The number of rotatable bonds is 3. The molecular weight excluding hydrogens is 292 g/mol. The van der Waals surface area contributed by atoms with Crippen LogP contribution in [0.5, 0.6) is 0 Å². The van der Waals surface area contributed by atoms with E-state index in [1.165, 1.54) is 5.56 Å². The fourth-order valence-electron chi connectivity index (χ4n) is 2.33. The minimum Gasteiger partial charge on any atom is -0.363 e. The van der Waals surface area contributed by atoms with E-state index in [4.69, 9.17) is 10.00 Å². The molecule has 0 spiro atoms. The fraction of sp³-hybridized carbons (Fsp3) is 0.500. The van der Waals surface area contributed by atoms with Crippen LogP contribution < -0.4 is 0 Å². The fourth-order valence-corrected chi connectivity index (χ4v) is 2.77. The Morgan fingerprint density at radius 2 is 2.17 bits per heavy atom. The van der Waals surface area contributed by atoms with E-state index in [9.17, 15) is 0 Å². The number of likely N-dealkylation sites (tertiary alicyclic amines) is 1. The molecule has 3 nitrogen and oxygen atoms in total. The first-order chi connectivity index (χ1) is 8.67. The average Bonchev–Trinajstić information content (AvgIpc) is 2.40. The van der Waals surface area contributed by atoms with Gasteiger partial charge in [-0.25, -0.2) is 0 Å². The summed E-state index contributed by atoms with van der Waals surface area (Å²) in [6.07, 6.45) is 1.57. The van der Waals surface area contributed by atoms with Gasteiger partial charge >= 0.3 is 0 Å². The molecule has 1 aliphatic heterocycles. The lowest BCUT2D eigenvalue weighted by Crippen LogP contribution is -2.44. The lowest BCUT2D eigenvalue weighted by molar-refractivity contribution is -0.0156. The third-order valence-corrected chi connectivity index (χ3v) is 4.05. The number of nitriles is 1. The number of hydrogen-bond donors (Lipinski definition) is 0. The number of halogens is 1. The molecule has 1 aliphatic rings. The summed E-state index contributed by atoms with van der Waals surface area (Å²) in [7, 11) is 1.63. The topological polar surface area (TPSA) is 36.3 Å². The van der Waals surface area contributed by atoms with Crippen molar-refractivity contribution < 1.29 is 4.74 Å². The Hall–Kier alpha value is -0.890. The molecule has 1 fully saturated rings. The molecule has 0 N–H and O–H groups in total. The molecule has 0 unspecified atom stereocenters. The van der Waals surface area contributed by atoms with Gasteiger partial charge in [-0.2, -0.15) is 5.26 Å². The van der Waals surface area contributed by atoms with Crippen molar-refractivity contribution in [2.24, 2.45) is 0 Å². The highest BCUT2D eigenvalue weighted by atomic mass is 79.9. The van der Waals surface area contributed by atoms with E-state index >= 15 is 0 Å². The zero-order chi connectivity index (χ0) is 13.0. The molecule has 0 bridgehead atoms. The highest BCUT2D eigenvalue weighted by Crippen LogP contribution is 2.26. The van der Waals surface area contributed by atoms with Crippen LogP contribution in [0.15, 0.2) is 28.7 Å². The van der Waals surface area contributed by atoms with Gasteiger partial charge in [-0.1, -0.05) is 28.1 Å². The van der Waals surface area contributed by atoms with Gasteiger partial charge in [0.05, 0.1) is 6.07 Å². The second kappa shape index (κ2) is 5.83. The maximum absolute atomic E-state index is 9.15. The third kappa shape index (κ3) is 3.11. The van der Waals surface area contributed by atoms with Gasteiger partial charge in [0, 0.05) is 44.1 Å². The molecule has 0 radical (unpaired) electrons. The number of nitrogens with zero attached hydrogens (tertiary/aromatic N) is 2. The predicted molar refractivity (Wildman–Crippen MR) is 74.0 cm³/mol. The number of piperidine rings is 1. The SMILES string of the molecule is COC1(C#N)CCN(Cc2cccc(Br)c2)CC1. The van der Waals surface area contributed by atoms with Crippen LogP contribution >= 0.6 is 15.9 Å². The minimum atomic E-state index is -0.562. The Labute approximate surface area is 116 Å². The monoisotopic (exact) mass is 308 g/mol. The van der Waals surface area contributed by atoms with Crippen molar-refractivity contribution in [3.8, 4) is 6.07 Å². The zero-order valence-electron chi connectivity index (χ0n) is 10.5. The Morgan fingerprint density at radius 3 is 2.72 bits per heavy atom. The summed E-state index contributed by atoms with van der Waals surface area (Å²) in [5, 5.41) is 9.15. The standard InChI is InChI=1S/C14H17BrN2O/c1-18-14(11-16)5-7-17(8-6-14)10-12-3-2-4-13(15)9-12/h2-4,9H,5-8,10H2,1H3. The average molecular weight is 309 g/mol. The Kier molecular flexibility index (Phi) is 4.39. The van der Waals surface area contributed by atoms with Gasteiger partial charge in [0.2, 0.25) is 0 Å². The first-order valence-electron chi connectivity index (χ1n) is 6.11. The van der Waals surface area contributed by atoms with Crippen LogP contribution in [0.2, 0.25) is 0 Å². The van der Waals surface area contributed by atoms with Crippen molar-refractivity contribution in [3.63, 3.8) is 0 Å². The van der Waals surface area contributed by atoms with Crippen LogP contribution in [0.1, 0.15) is 18.4 Å². The largest absolute Gasteiger partial charge is 0.363 e. The van der Waals surface area contributed by atoms with Crippen molar-refractivity contribution in [1.82, 2.24) is 4.90 Å². The van der Waals surface area contributed by atoms with E-state index in [0.29, 0.717) is 0 Å². The molecule has 18 heavy (non-hydrogen) atoms.